The number of rotatable bonds is 2. The minimum Gasteiger partial charge on any atom is -0.341 e. The van der Waals surface area contributed by atoms with Crippen molar-refractivity contribution >= 4 is 28.9 Å². The van der Waals surface area contributed by atoms with Crippen molar-refractivity contribution in [1.82, 2.24) is 14.5 Å². The molecule has 4 rings (SSSR count). The van der Waals surface area contributed by atoms with Crippen LogP contribution < -0.4 is 0 Å². The number of ether oxygens (including phenoxy) is 2. The predicted molar refractivity (Wildman–Crippen MR) is 84.2 cm³/mol. The molecule has 0 amide bonds. The van der Waals surface area contributed by atoms with Gasteiger partial charge < -0.3 is 14.0 Å². The van der Waals surface area contributed by atoms with Gasteiger partial charge in [-0.15, -0.1) is 0 Å². The highest BCUT2D eigenvalue weighted by Gasteiger charge is 2.59. The second-order valence-electron chi connectivity index (χ2n) is 6.50. The predicted octanol–water partition coefficient (Wildman–Crippen LogP) is 2.67. The maximum absolute atomic E-state index is 11.5. The fourth-order valence-electron chi connectivity index (χ4n) is 3.63. The molecule has 1 aliphatic heterocycles. The molecule has 0 unspecified atom stereocenters. The van der Waals surface area contributed by atoms with Gasteiger partial charge in [0.05, 0.1) is 11.4 Å². The summed E-state index contributed by atoms with van der Waals surface area (Å²) >= 11 is 6.12. The topological polar surface area (TPSA) is 66.2 Å². The Hall–Kier alpha value is -1.76. The molecule has 3 atom stereocenters. The summed E-state index contributed by atoms with van der Waals surface area (Å²) in [6, 6.07) is 1.66. The van der Waals surface area contributed by atoms with E-state index in [1.54, 1.807) is 0 Å². The Bertz CT molecular complexity index is 844. The second-order valence-corrected chi connectivity index (χ2v) is 6.86. The number of halogens is 1. The zero-order chi connectivity index (χ0) is 16.4. The van der Waals surface area contributed by atoms with Crippen LogP contribution in [0.5, 0.6) is 0 Å². The van der Waals surface area contributed by atoms with Gasteiger partial charge in [-0.2, -0.15) is 0 Å². The van der Waals surface area contributed by atoms with Crippen LogP contribution in [0.25, 0.3) is 11.0 Å². The van der Waals surface area contributed by atoms with Gasteiger partial charge in [0.2, 0.25) is 0 Å². The molecule has 2 aromatic heterocycles. The van der Waals surface area contributed by atoms with Crippen LogP contribution in [0, 0.1) is 0 Å². The first kappa shape index (κ1) is 14.8. The van der Waals surface area contributed by atoms with E-state index in [0.29, 0.717) is 16.4 Å². The number of carbonyl (C=O) groups is 1. The summed E-state index contributed by atoms with van der Waals surface area (Å²) in [7, 11) is 0. The van der Waals surface area contributed by atoms with Crippen LogP contribution in [0.4, 0.5) is 0 Å². The highest BCUT2D eigenvalue weighted by atomic mass is 35.5. The van der Waals surface area contributed by atoms with Gasteiger partial charge in [0.25, 0.3) is 0 Å². The van der Waals surface area contributed by atoms with E-state index in [1.165, 1.54) is 6.33 Å². The number of hydrogen-bond acceptors (Lipinski definition) is 5. The number of nitrogens with zero attached hydrogens (tertiary/aromatic N) is 3. The van der Waals surface area contributed by atoms with E-state index in [-0.39, 0.29) is 12.1 Å². The summed E-state index contributed by atoms with van der Waals surface area (Å²) in [5.41, 5.74) is 0.512. The molecule has 0 radical (unpaired) electrons. The fourth-order valence-corrected chi connectivity index (χ4v) is 3.82. The summed E-state index contributed by atoms with van der Waals surface area (Å²) in [4.78, 5) is 19.9. The number of fused-ring (bicyclic) bond motifs is 2. The van der Waals surface area contributed by atoms with Crippen LogP contribution in [0.3, 0.4) is 0 Å². The first-order valence-electron chi connectivity index (χ1n) is 7.38. The molecule has 1 fully saturated rings. The third kappa shape index (κ3) is 1.99. The van der Waals surface area contributed by atoms with E-state index >= 15 is 0 Å². The Balaban J connectivity index is 1.87. The zero-order valence-corrected chi connectivity index (χ0v) is 13.7. The zero-order valence-electron chi connectivity index (χ0n) is 13.0. The van der Waals surface area contributed by atoms with Crippen LogP contribution >= 0.6 is 11.6 Å². The SMILES string of the molecule is CC1(C)O[C@H]2[C@H](n3ccc4c(Cl)ncnc43)C=C(C=O)[C@@]2(C)O1. The van der Waals surface area contributed by atoms with E-state index in [4.69, 9.17) is 21.1 Å². The number of carbonyl (C=O) groups excluding carboxylic acids is 1. The van der Waals surface area contributed by atoms with Crippen LogP contribution in [0.2, 0.25) is 5.15 Å². The summed E-state index contributed by atoms with van der Waals surface area (Å²) in [5.74, 6) is -0.754. The normalized spacial score (nSPS) is 32.1. The smallest absolute Gasteiger partial charge is 0.164 e. The third-order valence-corrected chi connectivity index (χ3v) is 4.86. The molecule has 0 N–H and O–H groups in total. The van der Waals surface area contributed by atoms with E-state index < -0.39 is 11.4 Å². The quantitative estimate of drug-likeness (QED) is 0.624. The maximum atomic E-state index is 11.5. The van der Waals surface area contributed by atoms with Gasteiger partial charge in [-0.25, -0.2) is 9.97 Å². The average molecular weight is 334 g/mol. The van der Waals surface area contributed by atoms with Crippen molar-refractivity contribution in [3.63, 3.8) is 0 Å². The lowest BCUT2D eigenvalue weighted by Gasteiger charge is -2.26. The van der Waals surface area contributed by atoms with Gasteiger partial charge in [0.15, 0.2) is 5.79 Å². The Morgan fingerprint density at radius 1 is 1.35 bits per heavy atom. The molecule has 1 aliphatic carbocycles. The lowest BCUT2D eigenvalue weighted by Crippen LogP contribution is -2.38. The lowest BCUT2D eigenvalue weighted by atomic mass is 9.96. The molecular weight excluding hydrogens is 318 g/mol. The van der Waals surface area contributed by atoms with Crippen LogP contribution in [-0.4, -0.2) is 38.3 Å². The molecule has 0 aromatic carbocycles. The van der Waals surface area contributed by atoms with Gasteiger partial charge in [0.1, 0.15) is 35.1 Å². The molecule has 0 saturated carbocycles. The van der Waals surface area contributed by atoms with Crippen LogP contribution in [0.1, 0.15) is 26.8 Å². The Kier molecular flexibility index (Phi) is 2.98. The van der Waals surface area contributed by atoms with E-state index in [0.717, 1.165) is 11.7 Å². The largest absolute Gasteiger partial charge is 0.341 e. The molecule has 2 aromatic rings. The Morgan fingerprint density at radius 2 is 2.13 bits per heavy atom. The third-order valence-electron chi connectivity index (χ3n) is 4.55. The average Bonchev–Trinajstić information content (AvgIpc) is 3.07. The molecular formula is C16H16ClN3O3. The van der Waals surface area contributed by atoms with Crippen molar-refractivity contribution in [1.29, 1.82) is 0 Å². The fraction of sp³-hybridized carbons (Fsp3) is 0.438. The highest BCUT2D eigenvalue weighted by molar-refractivity contribution is 6.33. The van der Waals surface area contributed by atoms with Crippen LogP contribution in [-0.2, 0) is 14.3 Å². The highest BCUT2D eigenvalue weighted by Crippen LogP contribution is 2.50. The number of aromatic nitrogens is 3. The first-order chi connectivity index (χ1) is 10.9. The number of aldehydes is 1. The lowest BCUT2D eigenvalue weighted by molar-refractivity contribution is -0.158. The van der Waals surface area contributed by atoms with E-state index in [9.17, 15) is 4.79 Å². The van der Waals surface area contributed by atoms with Crippen molar-refractivity contribution in [2.24, 2.45) is 0 Å². The van der Waals surface area contributed by atoms with Gasteiger partial charge in [-0.05, 0) is 32.9 Å². The summed E-state index contributed by atoms with van der Waals surface area (Å²) in [6.07, 6.45) is 5.71. The standard InChI is InChI=1S/C16H16ClN3O3/c1-15(2)22-12-11(6-9(7-21)16(12,3)23-15)20-5-4-10-13(17)18-8-19-14(10)20/h4-8,11-12H,1-3H3/t11-,12+,16-/m1/s1. The minimum absolute atomic E-state index is 0.203. The molecule has 3 heterocycles. The monoisotopic (exact) mass is 333 g/mol. The van der Waals surface area contributed by atoms with Crippen molar-refractivity contribution in [2.45, 2.75) is 44.3 Å². The molecule has 0 bridgehead atoms. The molecule has 0 spiro atoms. The van der Waals surface area contributed by atoms with E-state index in [1.807, 2.05) is 43.7 Å². The molecule has 120 valence electrons. The molecule has 23 heavy (non-hydrogen) atoms. The first-order valence-corrected chi connectivity index (χ1v) is 7.76. The van der Waals surface area contributed by atoms with Gasteiger partial charge in [-0.3, -0.25) is 4.79 Å². The van der Waals surface area contributed by atoms with Gasteiger partial charge in [-0.1, -0.05) is 11.6 Å². The Morgan fingerprint density at radius 3 is 2.87 bits per heavy atom. The van der Waals surface area contributed by atoms with Crippen LogP contribution in [0.15, 0.2) is 30.2 Å². The Labute approximate surface area is 138 Å². The maximum Gasteiger partial charge on any atom is 0.164 e. The van der Waals surface area contributed by atoms with Crippen molar-refractivity contribution in [3.05, 3.63) is 35.4 Å². The van der Waals surface area contributed by atoms with Crippen molar-refractivity contribution in [2.75, 3.05) is 0 Å². The summed E-state index contributed by atoms with van der Waals surface area (Å²) in [5, 5.41) is 1.17. The molecule has 6 nitrogen and oxygen atoms in total. The number of hydrogen-bond donors (Lipinski definition) is 0. The van der Waals surface area contributed by atoms with E-state index in [2.05, 4.69) is 9.97 Å². The minimum atomic E-state index is -0.774. The molecule has 2 aliphatic rings. The second kappa shape index (κ2) is 4.63. The van der Waals surface area contributed by atoms with Crippen molar-refractivity contribution in [3.8, 4) is 0 Å². The summed E-state index contributed by atoms with van der Waals surface area (Å²) < 4.78 is 14.1. The van der Waals surface area contributed by atoms with Crippen molar-refractivity contribution < 1.29 is 14.3 Å². The molecule has 7 heteroatoms. The van der Waals surface area contributed by atoms with Gasteiger partial charge in [0, 0.05) is 11.8 Å². The van der Waals surface area contributed by atoms with Gasteiger partial charge >= 0.3 is 0 Å². The molecule has 1 saturated heterocycles. The summed E-state index contributed by atoms with van der Waals surface area (Å²) in [6.45, 7) is 5.59.